The van der Waals surface area contributed by atoms with Crippen LogP contribution in [0.4, 0.5) is 0 Å². The molecule has 1 heterocycles. The number of nitrogens with one attached hydrogen (secondary N) is 1. The number of aliphatic hydroxyl groups is 5. The maximum absolute atomic E-state index is 13.0. The predicted octanol–water partition coefficient (Wildman–Crippen LogP) is 14.8. The average molecular weight is 1060 g/mol. The van der Waals surface area contributed by atoms with Crippen molar-refractivity contribution in [2.75, 3.05) is 19.8 Å². The first-order valence-electron chi connectivity index (χ1n) is 31.4. The summed E-state index contributed by atoms with van der Waals surface area (Å²) in [5.41, 5.74) is 0. The van der Waals surface area contributed by atoms with Crippen molar-refractivity contribution >= 4 is 11.9 Å². The van der Waals surface area contributed by atoms with Gasteiger partial charge in [-0.3, -0.25) is 9.59 Å². The second-order valence-electron chi connectivity index (χ2n) is 21.7. The molecule has 7 unspecified atom stereocenters. The molecule has 0 bridgehead atoms. The summed E-state index contributed by atoms with van der Waals surface area (Å²) in [7, 11) is 0. The predicted molar refractivity (Wildman–Crippen MR) is 310 cm³/mol. The fourth-order valence-electron chi connectivity index (χ4n) is 9.62. The van der Waals surface area contributed by atoms with Crippen molar-refractivity contribution in [3.63, 3.8) is 0 Å². The number of carbonyl (C=O) groups excluding carboxylic acids is 2. The van der Waals surface area contributed by atoms with E-state index in [0.717, 1.165) is 57.8 Å². The normalized spacial score (nSPS) is 19.1. The number of hydrogen-bond donors (Lipinski definition) is 6. The SMILES string of the molecule is CCCCC/C=C\CCCCCCCC(=O)OCCCCCCCCCCCCCC/C=C\CCCCCCCCCCCCC(=O)NC(COC1OC(CO)C(O)C(O)C1O)C(O)/C=C/CC/C=C/CCCCC. The van der Waals surface area contributed by atoms with E-state index < -0.39 is 49.5 Å². The number of carbonyl (C=O) groups is 2. The quantitative estimate of drug-likeness (QED) is 0.0195. The highest BCUT2D eigenvalue weighted by Crippen LogP contribution is 2.23. The molecule has 0 spiro atoms. The zero-order valence-corrected chi connectivity index (χ0v) is 48.3. The van der Waals surface area contributed by atoms with Gasteiger partial charge in [0.25, 0.3) is 0 Å². The summed E-state index contributed by atoms with van der Waals surface area (Å²) in [6, 6.07) is -0.828. The van der Waals surface area contributed by atoms with Gasteiger partial charge in [-0.1, -0.05) is 223 Å². The van der Waals surface area contributed by atoms with Crippen LogP contribution in [0.3, 0.4) is 0 Å². The van der Waals surface area contributed by atoms with E-state index in [2.05, 4.69) is 55.6 Å². The molecule has 1 aliphatic heterocycles. The third kappa shape index (κ3) is 43.2. The molecular formula is C64H117NO10. The van der Waals surface area contributed by atoms with Gasteiger partial charge < -0.3 is 45.1 Å². The van der Waals surface area contributed by atoms with Crippen molar-refractivity contribution in [2.45, 2.75) is 326 Å². The zero-order chi connectivity index (χ0) is 54.5. The molecule has 0 aromatic rings. The molecule has 0 aromatic carbocycles. The third-order valence-electron chi connectivity index (χ3n) is 14.6. The highest BCUT2D eigenvalue weighted by Gasteiger charge is 2.44. The minimum Gasteiger partial charge on any atom is -0.466 e. The Hall–Kier alpha value is -2.38. The molecule has 0 radical (unpaired) electrons. The van der Waals surface area contributed by atoms with E-state index >= 15 is 0 Å². The fraction of sp³-hybridized carbons (Fsp3) is 0.844. The van der Waals surface area contributed by atoms with Crippen LogP contribution in [-0.2, 0) is 23.8 Å². The minimum atomic E-state index is -1.58. The Morgan fingerprint density at radius 1 is 0.480 bits per heavy atom. The minimum absolute atomic E-state index is 0.00672. The lowest BCUT2D eigenvalue weighted by Gasteiger charge is -2.40. The van der Waals surface area contributed by atoms with Crippen LogP contribution in [0.5, 0.6) is 0 Å². The molecule has 11 nitrogen and oxygen atoms in total. The van der Waals surface area contributed by atoms with Gasteiger partial charge in [0.05, 0.1) is 32.0 Å². The van der Waals surface area contributed by atoms with Crippen molar-refractivity contribution in [3.05, 3.63) is 48.6 Å². The molecule has 1 amide bonds. The van der Waals surface area contributed by atoms with Gasteiger partial charge in [-0.05, 0) is 96.3 Å². The lowest BCUT2D eigenvalue weighted by molar-refractivity contribution is -0.302. The number of allylic oxidation sites excluding steroid dienone is 7. The summed E-state index contributed by atoms with van der Waals surface area (Å²) in [4.78, 5) is 25.0. The first-order valence-corrected chi connectivity index (χ1v) is 31.4. The lowest BCUT2D eigenvalue weighted by atomic mass is 9.99. The van der Waals surface area contributed by atoms with Gasteiger partial charge in [0.2, 0.25) is 5.91 Å². The number of unbranched alkanes of at least 4 members (excludes halogenated alkanes) is 34. The second-order valence-corrected chi connectivity index (χ2v) is 21.7. The Kier molecular flexibility index (Phi) is 50.5. The molecular weight excluding hydrogens is 943 g/mol. The van der Waals surface area contributed by atoms with E-state index in [1.807, 2.05) is 6.08 Å². The van der Waals surface area contributed by atoms with Crippen molar-refractivity contribution in [1.29, 1.82) is 0 Å². The average Bonchev–Trinajstić information content (AvgIpc) is 3.41. The van der Waals surface area contributed by atoms with Crippen molar-refractivity contribution in [2.24, 2.45) is 0 Å². The Labute approximate surface area is 459 Å². The summed E-state index contributed by atoms with van der Waals surface area (Å²) < 4.78 is 16.7. The first kappa shape index (κ1) is 70.6. The highest BCUT2D eigenvalue weighted by atomic mass is 16.7. The molecule has 1 aliphatic rings. The van der Waals surface area contributed by atoms with E-state index in [1.165, 1.54) is 199 Å². The molecule has 1 saturated heterocycles. The van der Waals surface area contributed by atoms with E-state index in [0.29, 0.717) is 19.4 Å². The van der Waals surface area contributed by atoms with Crippen LogP contribution in [0, 0.1) is 0 Å². The van der Waals surface area contributed by atoms with Crippen LogP contribution in [-0.4, -0.2) is 100 Å². The van der Waals surface area contributed by atoms with Crippen LogP contribution in [0.1, 0.15) is 284 Å². The van der Waals surface area contributed by atoms with Gasteiger partial charge in [0.1, 0.15) is 24.4 Å². The Morgan fingerprint density at radius 2 is 0.867 bits per heavy atom. The third-order valence-corrected chi connectivity index (χ3v) is 14.6. The van der Waals surface area contributed by atoms with Crippen molar-refractivity contribution in [1.82, 2.24) is 5.32 Å². The molecule has 1 fully saturated rings. The van der Waals surface area contributed by atoms with Gasteiger partial charge in [-0.2, -0.15) is 0 Å². The molecule has 1 rings (SSSR count). The van der Waals surface area contributed by atoms with Crippen molar-refractivity contribution < 1.29 is 49.3 Å². The summed E-state index contributed by atoms with van der Waals surface area (Å²) in [5, 5.41) is 54.2. The van der Waals surface area contributed by atoms with Crippen LogP contribution < -0.4 is 5.32 Å². The number of esters is 1. The van der Waals surface area contributed by atoms with E-state index in [9.17, 15) is 35.1 Å². The van der Waals surface area contributed by atoms with Gasteiger partial charge in [-0.15, -0.1) is 0 Å². The maximum atomic E-state index is 13.0. The molecule has 6 N–H and O–H groups in total. The fourth-order valence-corrected chi connectivity index (χ4v) is 9.62. The summed E-state index contributed by atoms with van der Waals surface area (Å²) in [6.45, 7) is 4.25. The highest BCUT2D eigenvalue weighted by molar-refractivity contribution is 5.76. The van der Waals surface area contributed by atoms with E-state index in [4.69, 9.17) is 14.2 Å². The molecule has 11 heteroatoms. The molecule has 0 saturated carbocycles. The summed E-state index contributed by atoms with van der Waals surface area (Å²) >= 11 is 0. The van der Waals surface area contributed by atoms with Gasteiger partial charge in [0, 0.05) is 12.8 Å². The Morgan fingerprint density at radius 3 is 1.32 bits per heavy atom. The van der Waals surface area contributed by atoms with Crippen molar-refractivity contribution in [3.8, 4) is 0 Å². The number of aliphatic hydroxyl groups excluding tert-OH is 5. The summed E-state index contributed by atoms with van der Waals surface area (Å²) in [6.07, 6.45) is 58.1. The smallest absolute Gasteiger partial charge is 0.305 e. The molecule has 0 aromatic heterocycles. The van der Waals surface area contributed by atoms with E-state index in [1.54, 1.807) is 6.08 Å². The molecule has 0 aliphatic carbocycles. The first-order chi connectivity index (χ1) is 36.7. The number of ether oxygens (including phenoxy) is 3. The number of amides is 1. The van der Waals surface area contributed by atoms with Crippen LogP contribution >= 0.6 is 0 Å². The molecule has 75 heavy (non-hydrogen) atoms. The zero-order valence-electron chi connectivity index (χ0n) is 48.3. The Bertz CT molecular complexity index is 1390. The second kappa shape index (κ2) is 53.6. The monoisotopic (exact) mass is 1060 g/mol. The number of hydrogen-bond acceptors (Lipinski definition) is 10. The van der Waals surface area contributed by atoms with Gasteiger partial charge in [0.15, 0.2) is 6.29 Å². The van der Waals surface area contributed by atoms with Crippen LogP contribution in [0.25, 0.3) is 0 Å². The van der Waals surface area contributed by atoms with Crippen LogP contribution in [0.15, 0.2) is 48.6 Å². The van der Waals surface area contributed by atoms with Gasteiger partial charge in [-0.25, -0.2) is 0 Å². The Balaban J connectivity index is 1.98. The lowest BCUT2D eigenvalue weighted by Crippen LogP contribution is -2.60. The largest absolute Gasteiger partial charge is 0.466 e. The number of rotatable bonds is 54. The van der Waals surface area contributed by atoms with E-state index in [-0.39, 0.29) is 18.5 Å². The summed E-state index contributed by atoms with van der Waals surface area (Å²) in [5.74, 6) is -0.203. The topological polar surface area (TPSA) is 175 Å². The van der Waals surface area contributed by atoms with Gasteiger partial charge >= 0.3 is 5.97 Å². The molecule has 438 valence electrons. The maximum Gasteiger partial charge on any atom is 0.305 e. The van der Waals surface area contributed by atoms with Crippen LogP contribution in [0.2, 0.25) is 0 Å². The molecule has 7 atom stereocenters. The standard InChI is InChI=1S/C64H117NO10/c1-3-5-7-9-11-13-14-32-36-40-44-48-52-60(69)73-53-49-45-41-37-33-30-28-26-24-22-20-18-16-15-17-19-21-23-25-27-29-31-35-39-43-47-51-59(68)65-56(57(67)50-46-42-38-34-12-10-8-6-4-2)55-74-64-63(72)62(71)61(70)58(54-66)75-64/h11-13,15,17,34,46,50,56-58,61-64,66-67,70-72H,3-10,14,16,18-33,35-45,47-49,51-55H2,1-2H3,(H,65,68)/b13-11-,17-15-,34-12+,50-46+.